The number of nitrogens with one attached hydrogen (secondary N) is 1. The molecule has 0 aliphatic heterocycles. The number of aliphatic hydroxyl groups excluding tert-OH is 1. The van der Waals surface area contributed by atoms with Crippen LogP contribution in [0, 0.1) is 0 Å². The molecule has 1 aliphatic carbocycles. The molecule has 1 aliphatic rings. The second kappa shape index (κ2) is 3.94. The van der Waals surface area contributed by atoms with Crippen LogP contribution in [0.25, 0.3) is 0 Å². The van der Waals surface area contributed by atoms with Gasteiger partial charge in [-0.3, -0.25) is 0 Å². The Morgan fingerprint density at radius 2 is 2.43 bits per heavy atom. The Morgan fingerprint density at radius 3 is 3.14 bits per heavy atom. The predicted octanol–water partition coefficient (Wildman–Crippen LogP) is 1.04. The molecule has 0 amide bonds. The van der Waals surface area contributed by atoms with E-state index < -0.39 is 6.23 Å². The van der Waals surface area contributed by atoms with E-state index in [0.717, 1.165) is 30.6 Å². The van der Waals surface area contributed by atoms with E-state index in [1.165, 1.54) is 0 Å². The summed E-state index contributed by atoms with van der Waals surface area (Å²) in [5.41, 5.74) is 2.86. The Bertz CT molecular complexity index is 326. The van der Waals surface area contributed by atoms with E-state index in [0.29, 0.717) is 11.0 Å². The number of aryl methyl sites for hydroxylation is 1. The van der Waals surface area contributed by atoms with Crippen molar-refractivity contribution in [1.29, 1.82) is 0 Å². The Balaban J connectivity index is 2.23. The highest BCUT2D eigenvalue weighted by Gasteiger charge is 2.22. The van der Waals surface area contributed by atoms with Crippen LogP contribution in [0.3, 0.4) is 0 Å². The van der Waals surface area contributed by atoms with Crippen LogP contribution in [0.1, 0.15) is 29.7 Å². The third kappa shape index (κ3) is 1.81. The minimum absolute atomic E-state index is 0.334. The molecular weight excluding hydrogens is 202 g/mol. The van der Waals surface area contributed by atoms with Gasteiger partial charge in [0.15, 0.2) is 6.23 Å². The van der Waals surface area contributed by atoms with Gasteiger partial charge in [0.05, 0.1) is 0 Å². The molecule has 2 unspecified atom stereocenters. The smallest absolute Gasteiger partial charge is 0.185 e. The van der Waals surface area contributed by atoms with Gasteiger partial charge in [0.25, 0.3) is 0 Å². The molecule has 3 N–H and O–H groups in total. The second-order valence-electron chi connectivity index (χ2n) is 3.53. The molecule has 1 heterocycles. The number of hydrogen-bond donors (Lipinski definition) is 4. The number of thiol groups is 1. The lowest BCUT2D eigenvalue weighted by Gasteiger charge is -2.15. The van der Waals surface area contributed by atoms with Gasteiger partial charge in [0.1, 0.15) is 11.5 Å². The van der Waals surface area contributed by atoms with Gasteiger partial charge in [-0.15, -0.1) is 0 Å². The number of hydroxylamine groups is 1. The Hall–Kier alpha value is -0.490. The summed E-state index contributed by atoms with van der Waals surface area (Å²) in [4.78, 5) is 0. The van der Waals surface area contributed by atoms with Crippen molar-refractivity contribution in [2.45, 2.75) is 30.7 Å². The summed E-state index contributed by atoms with van der Waals surface area (Å²) in [5.74, 6) is 1.24. The average molecular weight is 215 g/mol. The van der Waals surface area contributed by atoms with Gasteiger partial charge >= 0.3 is 0 Å². The van der Waals surface area contributed by atoms with Crippen molar-refractivity contribution in [2.75, 3.05) is 0 Å². The minimum atomic E-state index is -1.14. The van der Waals surface area contributed by atoms with Crippen molar-refractivity contribution in [1.82, 2.24) is 5.48 Å². The third-order valence-corrected chi connectivity index (χ3v) is 2.92. The molecular formula is C9H13NO3S. The monoisotopic (exact) mass is 215 g/mol. The number of aliphatic hydroxyl groups is 1. The summed E-state index contributed by atoms with van der Waals surface area (Å²) in [6.45, 7) is 0. The van der Waals surface area contributed by atoms with Gasteiger partial charge in [0, 0.05) is 11.7 Å². The minimum Gasteiger partial charge on any atom is -0.461 e. The van der Waals surface area contributed by atoms with Gasteiger partial charge in [-0.2, -0.15) is 18.1 Å². The van der Waals surface area contributed by atoms with Gasteiger partial charge in [0.2, 0.25) is 0 Å². The van der Waals surface area contributed by atoms with E-state index in [9.17, 15) is 5.11 Å². The molecule has 0 spiro atoms. The van der Waals surface area contributed by atoms with Crippen LogP contribution in [0.2, 0.25) is 0 Å². The quantitative estimate of drug-likeness (QED) is 0.338. The first-order valence-corrected chi connectivity index (χ1v) is 5.09. The maximum Gasteiger partial charge on any atom is 0.185 e. The summed E-state index contributed by atoms with van der Waals surface area (Å²) in [7, 11) is 0. The molecule has 0 bridgehead atoms. The molecule has 0 radical (unpaired) electrons. The first kappa shape index (κ1) is 10.0. The van der Waals surface area contributed by atoms with Crippen LogP contribution >= 0.6 is 12.6 Å². The topological polar surface area (TPSA) is 65.6 Å². The van der Waals surface area contributed by atoms with E-state index in [1.807, 2.05) is 0 Å². The molecule has 0 aromatic carbocycles. The van der Waals surface area contributed by atoms with Gasteiger partial charge in [-0.1, -0.05) is 0 Å². The Morgan fingerprint density at radius 1 is 1.64 bits per heavy atom. The number of furan rings is 1. The van der Waals surface area contributed by atoms with E-state index in [1.54, 1.807) is 11.5 Å². The van der Waals surface area contributed by atoms with Crippen LogP contribution in [0.15, 0.2) is 10.5 Å². The first-order chi connectivity index (χ1) is 6.70. The maximum atomic E-state index is 9.27. The zero-order valence-electron chi connectivity index (χ0n) is 7.60. The van der Waals surface area contributed by atoms with E-state index >= 15 is 0 Å². The van der Waals surface area contributed by atoms with Crippen molar-refractivity contribution in [2.24, 2.45) is 0 Å². The summed E-state index contributed by atoms with van der Waals surface area (Å²) >= 11 is 4.38. The SMILES string of the molecule is ONC(O)c1cc2c(o1)CC(S)CC2. The molecule has 1 aromatic rings. The lowest BCUT2D eigenvalue weighted by atomic mass is 9.98. The van der Waals surface area contributed by atoms with Crippen molar-refractivity contribution in [3.63, 3.8) is 0 Å². The number of fused-ring (bicyclic) bond motifs is 1. The second-order valence-corrected chi connectivity index (χ2v) is 4.26. The highest BCUT2D eigenvalue weighted by Crippen LogP contribution is 2.28. The van der Waals surface area contributed by atoms with Crippen molar-refractivity contribution in [3.8, 4) is 0 Å². The van der Waals surface area contributed by atoms with E-state index in [4.69, 9.17) is 9.62 Å². The van der Waals surface area contributed by atoms with Crippen LogP contribution in [-0.4, -0.2) is 15.6 Å². The van der Waals surface area contributed by atoms with E-state index in [2.05, 4.69) is 12.6 Å². The molecule has 2 atom stereocenters. The average Bonchev–Trinajstić information content (AvgIpc) is 2.59. The molecule has 5 heteroatoms. The van der Waals surface area contributed by atoms with Crippen molar-refractivity contribution in [3.05, 3.63) is 23.2 Å². The zero-order valence-corrected chi connectivity index (χ0v) is 8.50. The molecule has 14 heavy (non-hydrogen) atoms. The molecule has 0 saturated heterocycles. The molecule has 4 nitrogen and oxygen atoms in total. The fraction of sp³-hybridized carbons (Fsp3) is 0.556. The Labute approximate surface area is 87.3 Å². The molecule has 0 fully saturated rings. The maximum absolute atomic E-state index is 9.27. The molecule has 0 saturated carbocycles. The summed E-state index contributed by atoms with van der Waals surface area (Å²) in [6, 6.07) is 1.78. The van der Waals surface area contributed by atoms with Gasteiger partial charge in [-0.05, 0) is 24.5 Å². The Kier molecular flexibility index (Phi) is 2.83. The van der Waals surface area contributed by atoms with Crippen LogP contribution < -0.4 is 5.48 Å². The highest BCUT2D eigenvalue weighted by molar-refractivity contribution is 7.80. The largest absolute Gasteiger partial charge is 0.461 e. The third-order valence-electron chi connectivity index (χ3n) is 2.48. The van der Waals surface area contributed by atoms with Crippen LogP contribution in [-0.2, 0) is 12.8 Å². The number of rotatable bonds is 2. The number of hydrogen-bond acceptors (Lipinski definition) is 5. The predicted molar refractivity (Wildman–Crippen MR) is 53.4 cm³/mol. The standard InChI is InChI=1S/C9H13NO3S/c11-9(10-12)8-3-5-1-2-6(14)4-7(5)13-8/h3,6,9-12,14H,1-2,4H2. The van der Waals surface area contributed by atoms with Crippen molar-refractivity contribution < 1.29 is 14.7 Å². The van der Waals surface area contributed by atoms with Crippen molar-refractivity contribution >= 4 is 12.6 Å². The first-order valence-electron chi connectivity index (χ1n) is 4.58. The summed E-state index contributed by atoms with van der Waals surface area (Å²) in [6.07, 6.45) is 1.60. The fourth-order valence-electron chi connectivity index (χ4n) is 1.71. The van der Waals surface area contributed by atoms with E-state index in [-0.39, 0.29) is 0 Å². The van der Waals surface area contributed by atoms with Crippen LogP contribution in [0.5, 0.6) is 0 Å². The normalized spacial score (nSPS) is 23.2. The summed E-state index contributed by atoms with van der Waals surface area (Å²) in [5, 5.41) is 18.1. The van der Waals surface area contributed by atoms with Crippen LogP contribution in [0.4, 0.5) is 0 Å². The fourth-order valence-corrected chi connectivity index (χ4v) is 2.01. The van der Waals surface area contributed by atoms with Gasteiger partial charge in [-0.25, -0.2) is 0 Å². The molecule has 2 rings (SSSR count). The van der Waals surface area contributed by atoms with Gasteiger partial charge < -0.3 is 14.7 Å². The highest BCUT2D eigenvalue weighted by atomic mass is 32.1. The lowest BCUT2D eigenvalue weighted by molar-refractivity contribution is -0.0124. The molecule has 1 aromatic heterocycles. The molecule has 78 valence electrons. The zero-order chi connectivity index (χ0) is 10.1. The summed E-state index contributed by atoms with van der Waals surface area (Å²) < 4.78 is 5.41. The lowest BCUT2D eigenvalue weighted by Crippen LogP contribution is -2.15.